The second kappa shape index (κ2) is 8.30. The maximum Gasteiger partial charge on any atom is 0.335 e. The molecule has 3 aromatic rings. The molecule has 0 radical (unpaired) electrons. The number of ether oxygens (including phenoxy) is 1. The molecule has 7 nitrogen and oxygen atoms in total. The summed E-state index contributed by atoms with van der Waals surface area (Å²) >= 11 is 1.25. The van der Waals surface area contributed by atoms with E-state index < -0.39 is 5.97 Å². The number of hydrogen-bond donors (Lipinski definition) is 2. The van der Waals surface area contributed by atoms with E-state index in [4.69, 9.17) is 4.74 Å². The average Bonchev–Trinajstić information content (AvgIpc) is 3.35. The fourth-order valence-corrected chi connectivity index (χ4v) is 3.75. The summed E-state index contributed by atoms with van der Waals surface area (Å²) in [6.07, 6.45) is 3.57. The number of aromatic carboxylic acids is 1. The van der Waals surface area contributed by atoms with Gasteiger partial charge in [-0.05, 0) is 72.4 Å². The monoisotopic (exact) mass is 419 g/mol. The average molecular weight is 419 g/mol. The van der Waals surface area contributed by atoms with Crippen LogP contribution in [0.5, 0.6) is 5.75 Å². The Morgan fingerprint density at radius 1 is 1.17 bits per heavy atom. The van der Waals surface area contributed by atoms with Gasteiger partial charge in [0.1, 0.15) is 5.75 Å². The Bertz CT molecular complexity index is 1180. The van der Waals surface area contributed by atoms with E-state index in [1.165, 1.54) is 17.8 Å². The molecule has 150 valence electrons. The van der Waals surface area contributed by atoms with E-state index in [1.54, 1.807) is 49.6 Å². The molecule has 0 unspecified atom stereocenters. The van der Waals surface area contributed by atoms with Crippen molar-refractivity contribution in [3.05, 3.63) is 83.0 Å². The Hall–Kier alpha value is -3.78. The highest BCUT2D eigenvalue weighted by atomic mass is 32.2. The van der Waals surface area contributed by atoms with E-state index in [9.17, 15) is 14.7 Å². The van der Waals surface area contributed by atoms with Crippen LogP contribution in [0.15, 0.2) is 76.8 Å². The first-order valence-corrected chi connectivity index (χ1v) is 9.80. The number of amides is 1. The van der Waals surface area contributed by atoms with Crippen LogP contribution in [-0.2, 0) is 4.79 Å². The molecule has 1 aliphatic heterocycles. The van der Waals surface area contributed by atoms with Gasteiger partial charge in [0, 0.05) is 17.6 Å². The van der Waals surface area contributed by atoms with Crippen LogP contribution < -0.4 is 10.1 Å². The lowest BCUT2D eigenvalue weighted by atomic mass is 10.2. The Morgan fingerprint density at radius 3 is 2.70 bits per heavy atom. The number of aromatic nitrogens is 1. The zero-order valence-electron chi connectivity index (χ0n) is 15.9. The lowest BCUT2D eigenvalue weighted by Crippen LogP contribution is -2.19. The van der Waals surface area contributed by atoms with Gasteiger partial charge < -0.3 is 19.7 Å². The number of carboxylic acids is 1. The van der Waals surface area contributed by atoms with Gasteiger partial charge >= 0.3 is 5.97 Å². The zero-order chi connectivity index (χ0) is 21.1. The maximum atomic E-state index is 12.4. The molecule has 1 fully saturated rings. The van der Waals surface area contributed by atoms with E-state index in [0.717, 1.165) is 11.4 Å². The molecular weight excluding hydrogens is 402 g/mol. The number of thioether (sulfide) groups is 1. The molecule has 2 N–H and O–H groups in total. The van der Waals surface area contributed by atoms with Gasteiger partial charge in [-0.1, -0.05) is 6.07 Å². The van der Waals surface area contributed by atoms with Crippen molar-refractivity contribution in [2.24, 2.45) is 4.99 Å². The molecule has 1 saturated heterocycles. The highest BCUT2D eigenvalue weighted by Gasteiger charge is 2.24. The molecule has 1 amide bonds. The molecule has 0 spiro atoms. The normalized spacial score (nSPS) is 16.1. The van der Waals surface area contributed by atoms with Gasteiger partial charge in [-0.2, -0.15) is 0 Å². The van der Waals surface area contributed by atoms with Gasteiger partial charge in [0.15, 0.2) is 5.17 Å². The number of rotatable bonds is 5. The van der Waals surface area contributed by atoms with Crippen molar-refractivity contribution in [3.8, 4) is 11.4 Å². The van der Waals surface area contributed by atoms with E-state index >= 15 is 0 Å². The van der Waals surface area contributed by atoms with Crippen LogP contribution in [0.1, 0.15) is 16.1 Å². The lowest BCUT2D eigenvalue weighted by molar-refractivity contribution is -0.115. The van der Waals surface area contributed by atoms with Crippen LogP contribution in [0.25, 0.3) is 11.8 Å². The van der Waals surface area contributed by atoms with Crippen LogP contribution in [-0.4, -0.2) is 33.8 Å². The Kier molecular flexibility index (Phi) is 5.40. The second-order valence-corrected chi connectivity index (χ2v) is 7.37. The van der Waals surface area contributed by atoms with Crippen LogP contribution in [0.2, 0.25) is 0 Å². The van der Waals surface area contributed by atoms with E-state index in [-0.39, 0.29) is 11.5 Å². The van der Waals surface area contributed by atoms with Gasteiger partial charge in [0.05, 0.1) is 23.3 Å². The minimum absolute atomic E-state index is 0.196. The number of carbonyl (C=O) groups excluding carboxylic acids is 1. The van der Waals surface area contributed by atoms with Crippen molar-refractivity contribution < 1.29 is 19.4 Å². The number of methoxy groups -OCH3 is 1. The van der Waals surface area contributed by atoms with Crippen molar-refractivity contribution in [2.75, 3.05) is 7.11 Å². The van der Waals surface area contributed by atoms with Crippen molar-refractivity contribution >= 4 is 40.6 Å². The summed E-state index contributed by atoms with van der Waals surface area (Å²) in [7, 11) is 1.60. The standard InChI is InChI=1S/C22H17N3O4S/c1-29-18-9-7-15(8-10-18)23-22-24-20(26)19(30-22)13-17-6-3-11-25(17)16-5-2-4-14(12-16)21(27)28/h2-13H,1H3,(H,27,28)(H,23,24,26)/b19-13-. The molecule has 30 heavy (non-hydrogen) atoms. The number of hydrogen-bond acceptors (Lipinski definition) is 5. The molecule has 1 aromatic heterocycles. The van der Waals surface area contributed by atoms with E-state index in [0.29, 0.717) is 21.4 Å². The molecule has 0 saturated carbocycles. The van der Waals surface area contributed by atoms with Crippen molar-refractivity contribution in [3.63, 3.8) is 0 Å². The minimum atomic E-state index is -0.992. The van der Waals surface area contributed by atoms with Gasteiger partial charge in [0.25, 0.3) is 5.91 Å². The first-order valence-electron chi connectivity index (χ1n) is 8.98. The predicted octanol–water partition coefficient (Wildman–Crippen LogP) is 4.08. The fourth-order valence-electron chi connectivity index (χ4n) is 2.92. The largest absolute Gasteiger partial charge is 0.497 e. The van der Waals surface area contributed by atoms with Crippen molar-refractivity contribution in [2.45, 2.75) is 0 Å². The fraction of sp³-hybridized carbons (Fsp3) is 0.0455. The second-order valence-electron chi connectivity index (χ2n) is 6.34. The smallest absolute Gasteiger partial charge is 0.335 e. The summed E-state index contributed by atoms with van der Waals surface area (Å²) in [5, 5.41) is 12.5. The van der Waals surface area contributed by atoms with Gasteiger partial charge in [-0.3, -0.25) is 4.79 Å². The molecule has 0 aliphatic carbocycles. The first-order chi connectivity index (χ1) is 14.5. The SMILES string of the molecule is COc1ccc(N=C2NC(=O)/C(=C/c3cccn3-c3cccc(C(=O)O)c3)S2)cc1. The van der Waals surface area contributed by atoms with Crippen LogP contribution in [0.4, 0.5) is 5.69 Å². The van der Waals surface area contributed by atoms with Crippen molar-refractivity contribution in [1.29, 1.82) is 0 Å². The Labute approximate surface area is 176 Å². The molecule has 2 aromatic carbocycles. The Morgan fingerprint density at radius 2 is 1.97 bits per heavy atom. The number of carboxylic acid groups (broad SMARTS) is 1. The molecule has 4 rings (SSSR count). The number of aliphatic imine (C=N–C) groups is 1. The highest BCUT2D eigenvalue weighted by Crippen LogP contribution is 2.29. The summed E-state index contributed by atoms with van der Waals surface area (Å²) in [6.45, 7) is 0. The summed E-state index contributed by atoms with van der Waals surface area (Å²) < 4.78 is 6.96. The van der Waals surface area contributed by atoms with E-state index in [1.807, 2.05) is 29.0 Å². The zero-order valence-corrected chi connectivity index (χ0v) is 16.7. The number of amidine groups is 1. The number of carbonyl (C=O) groups is 2. The first kappa shape index (κ1) is 19.5. The third-order valence-corrected chi connectivity index (χ3v) is 5.29. The predicted molar refractivity (Wildman–Crippen MR) is 117 cm³/mol. The van der Waals surface area contributed by atoms with Crippen LogP contribution >= 0.6 is 11.8 Å². The van der Waals surface area contributed by atoms with E-state index in [2.05, 4.69) is 10.3 Å². The molecule has 8 heteroatoms. The molecular formula is C22H17N3O4S. The Balaban J connectivity index is 1.59. The topological polar surface area (TPSA) is 92.9 Å². The van der Waals surface area contributed by atoms with Crippen LogP contribution in [0.3, 0.4) is 0 Å². The van der Waals surface area contributed by atoms with Gasteiger partial charge in [0.2, 0.25) is 0 Å². The molecule has 1 aliphatic rings. The highest BCUT2D eigenvalue weighted by molar-refractivity contribution is 8.18. The number of nitrogens with zero attached hydrogens (tertiary/aromatic N) is 2. The third-order valence-electron chi connectivity index (χ3n) is 4.38. The quantitative estimate of drug-likeness (QED) is 0.608. The van der Waals surface area contributed by atoms with Crippen LogP contribution in [0, 0.1) is 0 Å². The summed E-state index contributed by atoms with van der Waals surface area (Å²) in [5.41, 5.74) is 2.35. The van der Waals surface area contributed by atoms with Crippen molar-refractivity contribution in [1.82, 2.24) is 9.88 Å². The summed E-state index contributed by atoms with van der Waals surface area (Å²) in [4.78, 5) is 28.6. The third kappa shape index (κ3) is 4.13. The maximum absolute atomic E-state index is 12.4. The minimum Gasteiger partial charge on any atom is -0.497 e. The number of benzene rings is 2. The van der Waals surface area contributed by atoms with Gasteiger partial charge in [-0.15, -0.1) is 0 Å². The molecule has 0 atom stereocenters. The molecule has 0 bridgehead atoms. The number of nitrogens with one attached hydrogen (secondary N) is 1. The summed E-state index contributed by atoms with van der Waals surface area (Å²) in [6, 6.07) is 17.5. The van der Waals surface area contributed by atoms with Gasteiger partial charge in [-0.25, -0.2) is 9.79 Å². The molecule has 2 heterocycles. The lowest BCUT2D eigenvalue weighted by Gasteiger charge is -2.07. The summed E-state index contributed by atoms with van der Waals surface area (Å²) in [5.74, 6) is -0.497.